The third-order valence-electron chi connectivity index (χ3n) is 3.00. The van der Waals surface area contributed by atoms with E-state index >= 15 is 0 Å². The molecule has 21 heavy (non-hydrogen) atoms. The van der Waals surface area contributed by atoms with Crippen LogP contribution in [0.3, 0.4) is 0 Å². The molecule has 0 bridgehead atoms. The molecule has 0 spiro atoms. The number of nitrogens with two attached hydrogens (primary N) is 1. The van der Waals surface area contributed by atoms with Gasteiger partial charge in [0, 0.05) is 5.69 Å². The molecule has 0 aliphatic rings. The smallest absolute Gasteiger partial charge is 0.343 e. The van der Waals surface area contributed by atoms with E-state index in [9.17, 15) is 9.59 Å². The Morgan fingerprint density at radius 2 is 1.57 bits per heavy atom. The van der Waals surface area contributed by atoms with Gasteiger partial charge in [0.25, 0.3) is 0 Å². The summed E-state index contributed by atoms with van der Waals surface area (Å²) in [5.74, 6) is -0.612. The summed E-state index contributed by atoms with van der Waals surface area (Å²) in [6.07, 6.45) is 0. The summed E-state index contributed by atoms with van der Waals surface area (Å²) in [7, 11) is 1.30. The minimum Gasteiger partial charge on any atom is -0.465 e. The van der Waals surface area contributed by atoms with Crippen LogP contribution in [-0.4, -0.2) is 19.0 Å². The van der Waals surface area contributed by atoms with E-state index in [0.29, 0.717) is 22.6 Å². The van der Waals surface area contributed by atoms with Crippen molar-refractivity contribution in [2.45, 2.75) is 6.92 Å². The highest BCUT2D eigenvalue weighted by Gasteiger charge is 2.11. The van der Waals surface area contributed by atoms with E-state index < -0.39 is 11.9 Å². The highest BCUT2D eigenvalue weighted by Crippen LogP contribution is 2.17. The Labute approximate surface area is 122 Å². The number of hydrogen-bond donors (Lipinski definition) is 1. The monoisotopic (exact) mass is 285 g/mol. The van der Waals surface area contributed by atoms with Gasteiger partial charge in [-0.15, -0.1) is 0 Å². The second kappa shape index (κ2) is 6.09. The summed E-state index contributed by atoms with van der Waals surface area (Å²) in [5, 5.41) is 0. The van der Waals surface area contributed by atoms with Gasteiger partial charge < -0.3 is 15.2 Å². The number of carbonyl (C=O) groups is 2. The maximum absolute atomic E-state index is 12.0. The zero-order valence-corrected chi connectivity index (χ0v) is 11.8. The van der Waals surface area contributed by atoms with E-state index in [1.54, 1.807) is 18.2 Å². The number of ether oxygens (including phenoxy) is 2. The normalized spacial score (nSPS) is 10.0. The Balaban J connectivity index is 2.12. The van der Waals surface area contributed by atoms with Crippen LogP contribution in [-0.2, 0) is 4.74 Å². The van der Waals surface area contributed by atoms with Gasteiger partial charge in [-0.3, -0.25) is 0 Å². The van der Waals surface area contributed by atoms with E-state index in [1.807, 2.05) is 6.92 Å². The molecule has 0 radical (unpaired) electrons. The highest BCUT2D eigenvalue weighted by molar-refractivity contribution is 5.92. The van der Waals surface area contributed by atoms with Gasteiger partial charge in [-0.05, 0) is 48.9 Å². The number of anilines is 1. The largest absolute Gasteiger partial charge is 0.465 e. The van der Waals surface area contributed by atoms with E-state index in [0.717, 1.165) is 5.56 Å². The molecule has 2 rings (SSSR count). The molecule has 0 saturated carbocycles. The molecule has 108 valence electrons. The minimum atomic E-state index is -0.507. The number of benzene rings is 2. The molecule has 0 aromatic heterocycles. The van der Waals surface area contributed by atoms with Gasteiger partial charge >= 0.3 is 11.9 Å². The second-order valence-corrected chi connectivity index (χ2v) is 4.48. The van der Waals surface area contributed by atoms with Crippen LogP contribution in [0.5, 0.6) is 5.75 Å². The molecule has 5 heteroatoms. The minimum absolute atomic E-state index is 0.340. The highest BCUT2D eigenvalue weighted by atomic mass is 16.5. The predicted molar refractivity (Wildman–Crippen MR) is 78.3 cm³/mol. The molecule has 0 aliphatic carbocycles. The molecule has 0 amide bonds. The number of rotatable bonds is 3. The quantitative estimate of drug-likeness (QED) is 0.532. The zero-order valence-electron chi connectivity index (χ0n) is 11.8. The summed E-state index contributed by atoms with van der Waals surface area (Å²) in [5.41, 5.74) is 7.95. The molecule has 2 N–H and O–H groups in total. The first-order valence-electron chi connectivity index (χ1n) is 6.28. The third kappa shape index (κ3) is 3.39. The van der Waals surface area contributed by atoms with Crippen molar-refractivity contribution >= 4 is 17.6 Å². The van der Waals surface area contributed by atoms with Gasteiger partial charge in [0.1, 0.15) is 5.75 Å². The Morgan fingerprint density at radius 1 is 0.952 bits per heavy atom. The van der Waals surface area contributed by atoms with Crippen LogP contribution < -0.4 is 10.5 Å². The number of methoxy groups -OCH3 is 1. The van der Waals surface area contributed by atoms with Gasteiger partial charge in [0.15, 0.2) is 0 Å². The van der Waals surface area contributed by atoms with Crippen molar-refractivity contribution in [1.29, 1.82) is 0 Å². The first-order chi connectivity index (χ1) is 10.0. The molecule has 0 heterocycles. The Morgan fingerprint density at radius 3 is 2.14 bits per heavy atom. The maximum Gasteiger partial charge on any atom is 0.343 e. The van der Waals surface area contributed by atoms with Crippen LogP contribution in [0.15, 0.2) is 42.5 Å². The zero-order chi connectivity index (χ0) is 15.4. The number of nitrogen functional groups attached to an aromatic ring is 1. The van der Waals surface area contributed by atoms with Crippen LogP contribution >= 0.6 is 0 Å². The van der Waals surface area contributed by atoms with Crippen molar-refractivity contribution in [1.82, 2.24) is 0 Å². The standard InChI is InChI=1S/C16H15NO4/c1-10-3-4-12(9-14(10)17)16(19)21-13-7-5-11(6-8-13)15(18)20-2/h3-9H,17H2,1-2H3. The molecule has 0 unspecified atom stereocenters. The number of aryl methyl sites for hydroxylation is 1. The summed E-state index contributed by atoms with van der Waals surface area (Å²) in [6.45, 7) is 1.86. The van der Waals surface area contributed by atoms with Crippen LogP contribution in [0.4, 0.5) is 5.69 Å². The topological polar surface area (TPSA) is 78.6 Å². The molecule has 0 aliphatic heterocycles. The van der Waals surface area contributed by atoms with Crippen LogP contribution in [0.25, 0.3) is 0 Å². The van der Waals surface area contributed by atoms with Crippen LogP contribution in [0, 0.1) is 6.92 Å². The van der Waals surface area contributed by atoms with E-state index in [1.165, 1.54) is 31.4 Å². The number of esters is 2. The van der Waals surface area contributed by atoms with Gasteiger partial charge in [0.2, 0.25) is 0 Å². The lowest BCUT2D eigenvalue weighted by atomic mass is 10.1. The second-order valence-electron chi connectivity index (χ2n) is 4.48. The Hall–Kier alpha value is -2.82. The van der Waals surface area contributed by atoms with Gasteiger partial charge in [-0.25, -0.2) is 9.59 Å². The van der Waals surface area contributed by atoms with Crippen LogP contribution in [0.2, 0.25) is 0 Å². The van der Waals surface area contributed by atoms with Gasteiger partial charge in [-0.1, -0.05) is 6.07 Å². The van der Waals surface area contributed by atoms with E-state index in [4.69, 9.17) is 10.5 Å². The predicted octanol–water partition coefficient (Wildman–Crippen LogP) is 2.58. The summed E-state index contributed by atoms with van der Waals surface area (Å²) in [4.78, 5) is 23.3. The number of hydrogen-bond acceptors (Lipinski definition) is 5. The van der Waals surface area contributed by atoms with E-state index in [-0.39, 0.29) is 0 Å². The molecule has 0 saturated heterocycles. The lowest BCUT2D eigenvalue weighted by Crippen LogP contribution is -2.09. The molecular formula is C16H15NO4. The fourth-order valence-electron chi connectivity index (χ4n) is 1.71. The van der Waals surface area contributed by atoms with Crippen molar-refractivity contribution in [3.8, 4) is 5.75 Å². The lowest BCUT2D eigenvalue weighted by Gasteiger charge is -2.07. The van der Waals surface area contributed by atoms with E-state index in [2.05, 4.69) is 4.74 Å². The van der Waals surface area contributed by atoms with Crippen LogP contribution in [0.1, 0.15) is 26.3 Å². The van der Waals surface area contributed by atoms with Gasteiger partial charge in [0.05, 0.1) is 18.2 Å². The average Bonchev–Trinajstić information content (AvgIpc) is 2.50. The molecule has 2 aromatic carbocycles. The van der Waals surface area contributed by atoms with Gasteiger partial charge in [-0.2, -0.15) is 0 Å². The van der Waals surface area contributed by atoms with Crippen molar-refractivity contribution in [2.24, 2.45) is 0 Å². The van der Waals surface area contributed by atoms with Crippen molar-refractivity contribution in [2.75, 3.05) is 12.8 Å². The van der Waals surface area contributed by atoms with Crippen molar-refractivity contribution < 1.29 is 19.1 Å². The average molecular weight is 285 g/mol. The third-order valence-corrected chi connectivity index (χ3v) is 3.00. The first-order valence-corrected chi connectivity index (χ1v) is 6.28. The maximum atomic E-state index is 12.0. The Bertz CT molecular complexity index is 677. The Kier molecular flexibility index (Phi) is 4.23. The molecular weight excluding hydrogens is 270 g/mol. The lowest BCUT2D eigenvalue weighted by molar-refractivity contribution is 0.0600. The summed E-state index contributed by atoms with van der Waals surface area (Å²) < 4.78 is 9.81. The fourth-order valence-corrected chi connectivity index (χ4v) is 1.71. The summed E-state index contributed by atoms with van der Waals surface area (Å²) in [6, 6.07) is 11.1. The summed E-state index contributed by atoms with van der Waals surface area (Å²) >= 11 is 0. The van der Waals surface area contributed by atoms with Crippen molar-refractivity contribution in [3.05, 3.63) is 59.2 Å². The first kappa shape index (κ1) is 14.6. The molecule has 0 atom stereocenters. The fraction of sp³-hybridized carbons (Fsp3) is 0.125. The number of carbonyl (C=O) groups excluding carboxylic acids is 2. The molecule has 2 aromatic rings. The molecule has 0 fully saturated rings. The molecule has 5 nitrogen and oxygen atoms in total. The SMILES string of the molecule is COC(=O)c1ccc(OC(=O)c2ccc(C)c(N)c2)cc1. The van der Waals surface area contributed by atoms with Crippen molar-refractivity contribution in [3.63, 3.8) is 0 Å².